The minimum Gasteiger partial charge on any atom is -0.204 e. The smallest absolute Gasteiger partial charge is 0.195 e. The first-order valence-electron chi connectivity index (χ1n) is 10.6. The highest BCUT2D eigenvalue weighted by atomic mass is 19.2. The quantitative estimate of drug-likeness (QED) is 0.480. The maximum absolute atomic E-state index is 14.0. The van der Waals surface area contributed by atoms with Gasteiger partial charge in [-0.1, -0.05) is 50.8 Å². The lowest BCUT2D eigenvalue weighted by Gasteiger charge is -2.42. The van der Waals surface area contributed by atoms with Crippen molar-refractivity contribution in [1.82, 2.24) is 0 Å². The van der Waals surface area contributed by atoms with Crippen LogP contribution in [-0.2, 0) is 0 Å². The van der Waals surface area contributed by atoms with Gasteiger partial charge < -0.3 is 0 Å². The molecule has 0 aromatic heterocycles. The monoisotopic (exact) mass is 374 g/mol. The van der Waals surface area contributed by atoms with Gasteiger partial charge in [-0.05, 0) is 72.8 Å². The van der Waals surface area contributed by atoms with Crippen molar-refractivity contribution in [3.05, 3.63) is 47.3 Å². The first-order valence-corrected chi connectivity index (χ1v) is 10.6. The summed E-state index contributed by atoms with van der Waals surface area (Å²) in [6.07, 6.45) is 11.7. The first kappa shape index (κ1) is 18.8. The fraction of sp³-hybridized carbons (Fsp3) is 0.583. The molecule has 0 radical (unpaired) electrons. The van der Waals surface area contributed by atoms with E-state index in [4.69, 9.17) is 0 Å². The number of fused-ring (bicyclic) bond motifs is 2. The lowest BCUT2D eigenvalue weighted by molar-refractivity contribution is 0.113. The van der Waals surface area contributed by atoms with Crippen LogP contribution in [0, 0.1) is 35.2 Å². The Morgan fingerprint density at radius 2 is 1.67 bits per heavy atom. The van der Waals surface area contributed by atoms with Gasteiger partial charge in [-0.3, -0.25) is 0 Å². The van der Waals surface area contributed by atoms with Crippen molar-refractivity contribution in [2.24, 2.45) is 17.8 Å². The maximum Gasteiger partial charge on any atom is 0.195 e. The summed E-state index contributed by atoms with van der Waals surface area (Å²) in [6.45, 7) is 2.27. The molecule has 27 heavy (non-hydrogen) atoms. The molecule has 4 atom stereocenters. The van der Waals surface area contributed by atoms with E-state index in [1.165, 1.54) is 51.4 Å². The lowest BCUT2D eigenvalue weighted by atomic mass is 9.63. The molecule has 0 saturated heterocycles. The van der Waals surface area contributed by atoms with Gasteiger partial charge in [0, 0.05) is 5.39 Å². The second-order valence-corrected chi connectivity index (χ2v) is 8.82. The molecule has 3 heteroatoms. The molecular formula is C24H29F3. The van der Waals surface area contributed by atoms with Crippen LogP contribution in [0.5, 0.6) is 0 Å². The van der Waals surface area contributed by atoms with E-state index in [9.17, 15) is 13.2 Å². The molecule has 0 nitrogen and oxygen atoms in total. The van der Waals surface area contributed by atoms with Crippen LogP contribution >= 0.6 is 0 Å². The van der Waals surface area contributed by atoms with Crippen LogP contribution in [0.4, 0.5) is 13.2 Å². The zero-order valence-electron chi connectivity index (χ0n) is 16.1. The predicted octanol–water partition coefficient (Wildman–Crippen LogP) is 7.75. The van der Waals surface area contributed by atoms with Crippen LogP contribution in [0.3, 0.4) is 0 Å². The molecule has 2 aliphatic rings. The number of benzene rings is 2. The zero-order valence-corrected chi connectivity index (χ0v) is 16.1. The normalized spacial score (nSPS) is 28.3. The molecular weight excluding hydrogens is 345 g/mol. The molecule has 4 unspecified atom stereocenters. The van der Waals surface area contributed by atoms with E-state index in [2.05, 4.69) is 6.92 Å². The van der Waals surface area contributed by atoms with E-state index in [1.54, 1.807) is 6.07 Å². The molecule has 2 aromatic carbocycles. The highest BCUT2D eigenvalue weighted by Crippen LogP contribution is 2.48. The minimum atomic E-state index is -1.38. The van der Waals surface area contributed by atoms with Crippen molar-refractivity contribution in [3.8, 4) is 0 Å². The summed E-state index contributed by atoms with van der Waals surface area (Å²) in [5.41, 5.74) is 1.15. The van der Waals surface area contributed by atoms with Crippen LogP contribution in [-0.4, -0.2) is 0 Å². The molecule has 0 heterocycles. The van der Waals surface area contributed by atoms with Gasteiger partial charge in [0.25, 0.3) is 0 Å². The Balaban J connectivity index is 1.49. The van der Waals surface area contributed by atoms with Crippen molar-refractivity contribution >= 4 is 10.8 Å². The molecule has 2 aliphatic carbocycles. The van der Waals surface area contributed by atoms with Crippen LogP contribution < -0.4 is 0 Å². The van der Waals surface area contributed by atoms with Crippen LogP contribution in [0.15, 0.2) is 24.3 Å². The summed E-state index contributed by atoms with van der Waals surface area (Å²) >= 11 is 0. The van der Waals surface area contributed by atoms with E-state index in [0.717, 1.165) is 35.8 Å². The van der Waals surface area contributed by atoms with Gasteiger partial charge in [-0.25, -0.2) is 13.2 Å². The first-order chi connectivity index (χ1) is 13.1. The molecule has 146 valence electrons. The number of rotatable bonds is 4. The van der Waals surface area contributed by atoms with Crippen LogP contribution in [0.1, 0.15) is 76.2 Å². The average Bonchev–Trinajstić information content (AvgIpc) is 2.69. The Morgan fingerprint density at radius 3 is 2.48 bits per heavy atom. The summed E-state index contributed by atoms with van der Waals surface area (Å²) < 4.78 is 41.0. The summed E-state index contributed by atoms with van der Waals surface area (Å²) in [5, 5.41) is 0.636. The third-order valence-corrected chi connectivity index (χ3v) is 7.16. The summed E-state index contributed by atoms with van der Waals surface area (Å²) in [6, 6.07) is 6.54. The number of hydrogen-bond donors (Lipinski definition) is 0. The molecule has 0 aliphatic heterocycles. The molecule has 0 amide bonds. The molecule has 4 rings (SSSR count). The maximum atomic E-state index is 14.0. The van der Waals surface area contributed by atoms with Crippen LogP contribution in [0.2, 0.25) is 0 Å². The van der Waals surface area contributed by atoms with Gasteiger partial charge in [0.15, 0.2) is 17.5 Å². The Kier molecular flexibility index (Phi) is 5.48. The molecule has 0 bridgehead atoms. The number of halogens is 3. The Labute approximate surface area is 160 Å². The van der Waals surface area contributed by atoms with Crippen molar-refractivity contribution < 1.29 is 13.2 Å². The third-order valence-electron chi connectivity index (χ3n) is 7.16. The number of hydrogen-bond acceptors (Lipinski definition) is 0. The lowest BCUT2D eigenvalue weighted by Crippen LogP contribution is -2.30. The summed E-state index contributed by atoms with van der Waals surface area (Å²) in [4.78, 5) is 0. The topological polar surface area (TPSA) is 0 Å². The van der Waals surface area contributed by atoms with E-state index in [0.29, 0.717) is 11.3 Å². The van der Waals surface area contributed by atoms with E-state index < -0.39 is 17.5 Å². The molecule has 2 fully saturated rings. The average molecular weight is 374 g/mol. The van der Waals surface area contributed by atoms with E-state index in [1.807, 2.05) is 12.1 Å². The van der Waals surface area contributed by atoms with Crippen molar-refractivity contribution in [2.45, 2.75) is 70.6 Å². The van der Waals surface area contributed by atoms with Gasteiger partial charge in [-0.15, -0.1) is 0 Å². The second-order valence-electron chi connectivity index (χ2n) is 8.82. The van der Waals surface area contributed by atoms with Gasteiger partial charge in [0.05, 0.1) is 0 Å². The van der Waals surface area contributed by atoms with Crippen molar-refractivity contribution in [3.63, 3.8) is 0 Å². The highest BCUT2D eigenvalue weighted by molar-refractivity contribution is 5.84. The van der Waals surface area contributed by atoms with Gasteiger partial charge >= 0.3 is 0 Å². The molecule has 2 aromatic rings. The largest absolute Gasteiger partial charge is 0.204 e. The Morgan fingerprint density at radius 1 is 0.889 bits per heavy atom. The third kappa shape index (κ3) is 3.75. The van der Waals surface area contributed by atoms with Gasteiger partial charge in [-0.2, -0.15) is 0 Å². The molecule has 0 spiro atoms. The standard InChI is InChI=1S/C24H29F3/c1-2-3-4-15-5-6-17-12-18(8-7-16(17)11-15)19-9-10-21-20(13-19)14-22(25)24(27)23(21)26/h9-10,13-18H,2-8,11-12H2,1H3. The minimum absolute atomic E-state index is 0.169. The van der Waals surface area contributed by atoms with E-state index >= 15 is 0 Å². The zero-order chi connectivity index (χ0) is 19.0. The van der Waals surface area contributed by atoms with Crippen molar-refractivity contribution in [2.75, 3.05) is 0 Å². The fourth-order valence-electron chi connectivity index (χ4n) is 5.62. The second kappa shape index (κ2) is 7.85. The Hall–Kier alpha value is -1.51. The van der Waals surface area contributed by atoms with Crippen molar-refractivity contribution in [1.29, 1.82) is 0 Å². The van der Waals surface area contributed by atoms with E-state index in [-0.39, 0.29) is 5.39 Å². The number of unbranched alkanes of at least 4 members (excludes halogenated alkanes) is 1. The Bertz CT molecular complexity index is 813. The van der Waals surface area contributed by atoms with Crippen LogP contribution in [0.25, 0.3) is 10.8 Å². The summed E-state index contributed by atoms with van der Waals surface area (Å²) in [5.74, 6) is -0.531. The van der Waals surface area contributed by atoms with Gasteiger partial charge in [0.2, 0.25) is 0 Å². The summed E-state index contributed by atoms with van der Waals surface area (Å²) in [7, 11) is 0. The highest BCUT2D eigenvalue weighted by Gasteiger charge is 2.35. The molecule has 2 saturated carbocycles. The SMILES string of the molecule is CCCCC1CCC2CC(c3ccc4c(F)c(F)c(F)cc4c3)CCC2C1. The van der Waals surface area contributed by atoms with Gasteiger partial charge in [0.1, 0.15) is 0 Å². The molecule has 0 N–H and O–H groups in total. The fourth-order valence-corrected chi connectivity index (χ4v) is 5.62. The predicted molar refractivity (Wildman–Crippen MR) is 104 cm³/mol.